The Bertz CT molecular complexity index is 819. The first-order valence-corrected chi connectivity index (χ1v) is 10.2. The summed E-state index contributed by atoms with van der Waals surface area (Å²) in [6.07, 6.45) is 7.99. The van der Waals surface area contributed by atoms with Gasteiger partial charge in [0, 0.05) is 6.54 Å². The molecule has 7 heteroatoms. The molecule has 0 spiro atoms. The summed E-state index contributed by atoms with van der Waals surface area (Å²) in [5, 5.41) is 14.8. The van der Waals surface area contributed by atoms with Gasteiger partial charge in [0.2, 0.25) is 0 Å². The van der Waals surface area contributed by atoms with Gasteiger partial charge in [0.1, 0.15) is 11.6 Å². The zero-order valence-electron chi connectivity index (χ0n) is 17.3. The summed E-state index contributed by atoms with van der Waals surface area (Å²) in [5.74, 6) is -2.38. The quantitative estimate of drug-likeness (QED) is 0.643. The molecule has 2 N–H and O–H groups in total. The lowest BCUT2D eigenvalue weighted by atomic mass is 9.94. The third kappa shape index (κ3) is 9.91. The average Bonchev–Trinajstić information content (AvgIpc) is 2.77. The van der Waals surface area contributed by atoms with Gasteiger partial charge in [0.15, 0.2) is 0 Å². The first kappa shape index (κ1) is 24.1. The van der Waals surface area contributed by atoms with Crippen LogP contribution < -0.4 is 4.74 Å². The van der Waals surface area contributed by atoms with E-state index in [0.29, 0.717) is 6.61 Å². The molecule has 1 fully saturated rings. The topological polar surface area (TPSA) is 87.1 Å². The molecular weight excluding hydrogens is 401 g/mol. The molecule has 3 rings (SSSR count). The normalized spacial score (nSPS) is 14.6. The Morgan fingerprint density at radius 2 is 1.61 bits per heavy atom. The lowest BCUT2D eigenvalue weighted by Crippen LogP contribution is -2.34. The fourth-order valence-electron chi connectivity index (χ4n) is 3.23. The van der Waals surface area contributed by atoms with E-state index in [9.17, 15) is 4.39 Å². The number of hydrogen-bond donors (Lipinski definition) is 2. The van der Waals surface area contributed by atoms with Crippen LogP contribution in [0.15, 0.2) is 60.7 Å². The minimum absolute atomic E-state index is 0.221. The molecule has 31 heavy (non-hydrogen) atoms. The first-order valence-electron chi connectivity index (χ1n) is 10.2. The van der Waals surface area contributed by atoms with Crippen molar-refractivity contribution in [3.63, 3.8) is 0 Å². The van der Waals surface area contributed by atoms with Crippen molar-refractivity contribution >= 4 is 18.0 Å². The highest BCUT2D eigenvalue weighted by atomic mass is 19.1. The summed E-state index contributed by atoms with van der Waals surface area (Å²) in [6, 6.07) is 16.7. The van der Waals surface area contributed by atoms with E-state index >= 15 is 0 Å². The Morgan fingerprint density at radius 3 is 2.19 bits per heavy atom. The minimum Gasteiger partial charge on any atom is -0.494 e. The number of nitrogens with zero attached hydrogens (tertiary/aromatic N) is 1. The van der Waals surface area contributed by atoms with Crippen LogP contribution >= 0.6 is 0 Å². The highest BCUT2D eigenvalue weighted by molar-refractivity contribution is 6.27. The van der Waals surface area contributed by atoms with Crippen LogP contribution in [0.25, 0.3) is 6.08 Å². The molecule has 0 atom stereocenters. The Kier molecular flexibility index (Phi) is 10.2. The van der Waals surface area contributed by atoms with Gasteiger partial charge in [0.05, 0.1) is 6.61 Å². The van der Waals surface area contributed by atoms with Crippen LogP contribution in [0.4, 0.5) is 4.39 Å². The fraction of sp³-hybridized carbons (Fsp3) is 0.333. The van der Waals surface area contributed by atoms with Crippen LogP contribution in [-0.4, -0.2) is 53.3 Å². The molecular formula is C24H28FNO5. The van der Waals surface area contributed by atoms with E-state index in [1.165, 1.54) is 30.5 Å². The molecule has 0 radical (unpaired) electrons. The maximum atomic E-state index is 12.9. The zero-order valence-corrected chi connectivity index (χ0v) is 17.3. The second-order valence-electron chi connectivity index (χ2n) is 7.26. The fourth-order valence-corrected chi connectivity index (χ4v) is 3.23. The van der Waals surface area contributed by atoms with Crippen molar-refractivity contribution in [1.29, 1.82) is 0 Å². The third-order valence-electron chi connectivity index (χ3n) is 4.97. The predicted molar refractivity (Wildman–Crippen MR) is 116 cm³/mol. The maximum absolute atomic E-state index is 12.9. The van der Waals surface area contributed by atoms with Crippen LogP contribution in [0.3, 0.4) is 0 Å². The second kappa shape index (κ2) is 13.2. The van der Waals surface area contributed by atoms with Gasteiger partial charge in [-0.25, -0.2) is 14.0 Å². The van der Waals surface area contributed by atoms with Crippen molar-refractivity contribution in [2.75, 3.05) is 26.2 Å². The molecule has 1 aliphatic heterocycles. The molecule has 0 unspecified atom stereocenters. The third-order valence-corrected chi connectivity index (χ3v) is 4.97. The summed E-state index contributed by atoms with van der Waals surface area (Å²) >= 11 is 0. The molecule has 0 bridgehead atoms. The molecule has 6 nitrogen and oxygen atoms in total. The van der Waals surface area contributed by atoms with E-state index in [4.69, 9.17) is 24.5 Å². The van der Waals surface area contributed by atoms with Crippen LogP contribution in [0, 0.1) is 11.7 Å². The van der Waals surface area contributed by atoms with Crippen molar-refractivity contribution in [3.05, 3.63) is 72.1 Å². The SMILES string of the molecule is Fc1ccc(OCCC2CCN(C/C=C/c3ccccc3)CC2)cc1.O=C(O)C(=O)O. The van der Waals surface area contributed by atoms with E-state index < -0.39 is 11.9 Å². The lowest BCUT2D eigenvalue weighted by molar-refractivity contribution is -0.159. The first-order chi connectivity index (χ1) is 14.9. The molecule has 166 valence electrons. The van der Waals surface area contributed by atoms with E-state index in [2.05, 4.69) is 41.3 Å². The largest absolute Gasteiger partial charge is 0.494 e. The van der Waals surface area contributed by atoms with Crippen molar-refractivity contribution in [2.24, 2.45) is 5.92 Å². The molecule has 1 heterocycles. The van der Waals surface area contributed by atoms with Gasteiger partial charge in [-0.05, 0) is 68.1 Å². The monoisotopic (exact) mass is 429 g/mol. The zero-order chi connectivity index (χ0) is 22.5. The Morgan fingerprint density at radius 1 is 1.00 bits per heavy atom. The van der Waals surface area contributed by atoms with E-state index in [1.54, 1.807) is 12.1 Å². The number of ether oxygens (including phenoxy) is 1. The number of benzene rings is 2. The summed E-state index contributed by atoms with van der Waals surface area (Å²) in [7, 11) is 0. The van der Waals surface area contributed by atoms with Crippen molar-refractivity contribution < 1.29 is 28.9 Å². The Labute approximate surface area is 181 Å². The van der Waals surface area contributed by atoms with Gasteiger partial charge in [-0.1, -0.05) is 42.5 Å². The molecule has 0 aromatic heterocycles. The van der Waals surface area contributed by atoms with Gasteiger partial charge < -0.3 is 14.9 Å². The van der Waals surface area contributed by atoms with Crippen molar-refractivity contribution in [1.82, 2.24) is 4.90 Å². The molecule has 0 aliphatic carbocycles. The van der Waals surface area contributed by atoms with E-state index in [1.807, 2.05) is 6.07 Å². The van der Waals surface area contributed by atoms with Crippen LogP contribution in [0.2, 0.25) is 0 Å². The summed E-state index contributed by atoms with van der Waals surface area (Å²) < 4.78 is 18.6. The van der Waals surface area contributed by atoms with E-state index in [-0.39, 0.29) is 5.82 Å². The number of rotatable bonds is 7. The lowest BCUT2D eigenvalue weighted by Gasteiger charge is -2.31. The smallest absolute Gasteiger partial charge is 0.414 e. The molecule has 2 aromatic carbocycles. The van der Waals surface area contributed by atoms with Gasteiger partial charge >= 0.3 is 11.9 Å². The molecule has 2 aromatic rings. The number of aliphatic carboxylic acids is 2. The van der Waals surface area contributed by atoms with Gasteiger partial charge in [0.25, 0.3) is 0 Å². The van der Waals surface area contributed by atoms with Crippen LogP contribution in [0.5, 0.6) is 5.75 Å². The highest BCUT2D eigenvalue weighted by Gasteiger charge is 2.18. The number of hydrogen-bond acceptors (Lipinski definition) is 4. The van der Waals surface area contributed by atoms with Crippen LogP contribution in [0.1, 0.15) is 24.8 Å². The number of carbonyl (C=O) groups is 2. The standard InChI is InChI=1S/C22H26FNO.C2H2O4/c23-21-8-10-22(11-9-21)25-18-14-20-12-16-24(17-13-20)15-4-7-19-5-2-1-3-6-19;3-1(4)2(5)6/h1-11,20H,12-18H2;(H,3,4)(H,5,6)/b7-4+;. The van der Waals surface area contributed by atoms with Gasteiger partial charge in [-0.3, -0.25) is 4.90 Å². The summed E-state index contributed by atoms with van der Waals surface area (Å²) in [4.78, 5) is 20.7. The minimum atomic E-state index is -1.82. The van der Waals surface area contributed by atoms with Crippen LogP contribution in [-0.2, 0) is 9.59 Å². The average molecular weight is 429 g/mol. The number of piperidine rings is 1. The highest BCUT2D eigenvalue weighted by Crippen LogP contribution is 2.21. The maximum Gasteiger partial charge on any atom is 0.414 e. The molecule has 0 amide bonds. The van der Waals surface area contributed by atoms with Gasteiger partial charge in [-0.2, -0.15) is 0 Å². The Balaban J connectivity index is 0.000000501. The second-order valence-corrected chi connectivity index (χ2v) is 7.26. The van der Waals surface area contributed by atoms with Gasteiger partial charge in [-0.15, -0.1) is 0 Å². The summed E-state index contributed by atoms with van der Waals surface area (Å²) in [6.45, 7) is 4.04. The van der Waals surface area contributed by atoms with Crippen molar-refractivity contribution in [2.45, 2.75) is 19.3 Å². The van der Waals surface area contributed by atoms with E-state index in [0.717, 1.165) is 37.7 Å². The number of carboxylic acid groups (broad SMARTS) is 2. The summed E-state index contributed by atoms with van der Waals surface area (Å²) in [5.41, 5.74) is 1.26. The van der Waals surface area contributed by atoms with Crippen molar-refractivity contribution in [3.8, 4) is 5.75 Å². The molecule has 0 saturated carbocycles. The molecule has 1 saturated heterocycles. The predicted octanol–water partition coefficient (Wildman–Crippen LogP) is 4.18. The number of halogens is 1. The number of carboxylic acids is 2. The molecule has 1 aliphatic rings. The Hall–Kier alpha value is -3.19. The number of likely N-dealkylation sites (tertiary alicyclic amines) is 1.